The molecule has 29 heavy (non-hydrogen) atoms. The molecule has 0 saturated carbocycles. The number of carbonyl (C=O) groups is 1. The van der Waals surface area contributed by atoms with Crippen LogP contribution in [-0.2, 0) is 4.74 Å². The number of hydrogen-bond acceptors (Lipinski definition) is 3. The van der Waals surface area contributed by atoms with Crippen molar-refractivity contribution in [3.63, 3.8) is 0 Å². The van der Waals surface area contributed by atoms with E-state index in [-0.39, 0.29) is 11.9 Å². The van der Waals surface area contributed by atoms with Gasteiger partial charge in [-0.1, -0.05) is 30.7 Å². The van der Waals surface area contributed by atoms with Gasteiger partial charge in [0.25, 0.3) is 0 Å². The second kappa shape index (κ2) is 8.13. The van der Waals surface area contributed by atoms with Crippen LogP contribution in [0.2, 0.25) is 5.02 Å². The van der Waals surface area contributed by atoms with Crippen LogP contribution in [0.4, 0.5) is 14.9 Å². The summed E-state index contributed by atoms with van der Waals surface area (Å²) in [6, 6.07) is 20.1. The van der Waals surface area contributed by atoms with Crippen LogP contribution < -0.4 is 9.64 Å². The normalized spacial score (nSPS) is 18.6. The van der Waals surface area contributed by atoms with E-state index in [2.05, 4.69) is 0 Å². The Bertz CT molecular complexity index is 1010. The summed E-state index contributed by atoms with van der Waals surface area (Å²) in [5.41, 5.74) is 1.35. The molecule has 2 atom stereocenters. The molecule has 148 valence electrons. The molecule has 1 aliphatic rings. The van der Waals surface area contributed by atoms with E-state index < -0.39 is 12.1 Å². The van der Waals surface area contributed by atoms with E-state index in [0.29, 0.717) is 34.2 Å². The molecule has 0 bridgehead atoms. The highest BCUT2D eigenvalue weighted by molar-refractivity contribution is 6.30. The Kier molecular flexibility index (Phi) is 5.41. The number of rotatable bonds is 5. The molecule has 3 aromatic rings. The lowest BCUT2D eigenvalue weighted by Crippen LogP contribution is -2.29. The van der Waals surface area contributed by atoms with Gasteiger partial charge in [0, 0.05) is 10.7 Å². The van der Waals surface area contributed by atoms with Gasteiger partial charge in [0.2, 0.25) is 0 Å². The molecule has 1 aliphatic heterocycles. The number of cyclic esters (lactones) is 1. The third-order valence-electron chi connectivity index (χ3n) is 4.84. The van der Waals surface area contributed by atoms with Gasteiger partial charge >= 0.3 is 6.09 Å². The topological polar surface area (TPSA) is 38.8 Å². The third kappa shape index (κ3) is 4.05. The fourth-order valence-corrected chi connectivity index (χ4v) is 3.60. The summed E-state index contributed by atoms with van der Waals surface area (Å²) in [4.78, 5) is 14.2. The van der Waals surface area contributed by atoms with Crippen molar-refractivity contribution in [2.75, 3.05) is 4.90 Å². The van der Waals surface area contributed by atoms with Gasteiger partial charge in [0.05, 0.1) is 0 Å². The quantitative estimate of drug-likeness (QED) is 0.466. The van der Waals surface area contributed by atoms with Crippen molar-refractivity contribution in [3.05, 3.63) is 89.2 Å². The first-order valence-electron chi connectivity index (χ1n) is 9.34. The van der Waals surface area contributed by atoms with E-state index in [4.69, 9.17) is 21.1 Å². The highest BCUT2D eigenvalue weighted by Crippen LogP contribution is 2.39. The van der Waals surface area contributed by atoms with E-state index in [9.17, 15) is 9.18 Å². The van der Waals surface area contributed by atoms with Crippen molar-refractivity contribution in [1.29, 1.82) is 0 Å². The minimum atomic E-state index is -0.447. The summed E-state index contributed by atoms with van der Waals surface area (Å²) in [7, 11) is 0. The van der Waals surface area contributed by atoms with Gasteiger partial charge in [0.1, 0.15) is 29.5 Å². The first kappa shape index (κ1) is 19.3. The summed E-state index contributed by atoms with van der Waals surface area (Å²) in [6.07, 6.45) is -0.173. The standard InChI is InChI=1S/C23H19ClFNO3/c1-2-21-22(15-4-3-5-17(25)14-15)26(23(27)29-21)18-8-12-20(13-9-18)28-19-10-6-16(24)7-11-19/h3-14,21-22H,2H2,1H3/t21-,22-/m0/s1. The van der Waals surface area contributed by atoms with Gasteiger partial charge in [-0.2, -0.15) is 0 Å². The van der Waals surface area contributed by atoms with Gasteiger partial charge in [-0.15, -0.1) is 0 Å². The zero-order valence-electron chi connectivity index (χ0n) is 15.7. The summed E-state index contributed by atoms with van der Waals surface area (Å²) >= 11 is 5.89. The lowest BCUT2D eigenvalue weighted by atomic mass is 9.98. The summed E-state index contributed by atoms with van der Waals surface area (Å²) in [6.45, 7) is 1.94. The van der Waals surface area contributed by atoms with E-state index in [1.54, 1.807) is 59.5 Å². The minimum Gasteiger partial charge on any atom is -0.457 e. The molecule has 6 heteroatoms. The molecule has 1 heterocycles. The molecule has 0 aromatic heterocycles. The molecule has 1 amide bonds. The first-order valence-corrected chi connectivity index (χ1v) is 9.72. The fraction of sp³-hybridized carbons (Fsp3) is 0.174. The van der Waals surface area contributed by atoms with Gasteiger partial charge in [-0.25, -0.2) is 9.18 Å². The second-order valence-electron chi connectivity index (χ2n) is 6.75. The van der Waals surface area contributed by atoms with Crippen molar-refractivity contribution < 1.29 is 18.7 Å². The predicted molar refractivity (Wildman–Crippen MR) is 110 cm³/mol. The number of amides is 1. The Labute approximate surface area is 173 Å². The van der Waals surface area contributed by atoms with Crippen LogP contribution in [-0.4, -0.2) is 12.2 Å². The summed E-state index contributed by atoms with van der Waals surface area (Å²) < 4.78 is 25.1. The van der Waals surface area contributed by atoms with Crippen LogP contribution in [0.25, 0.3) is 0 Å². The maximum absolute atomic E-state index is 13.8. The molecule has 4 rings (SSSR count). The Morgan fingerprint density at radius 2 is 1.69 bits per heavy atom. The molecular weight excluding hydrogens is 393 g/mol. The molecule has 0 spiro atoms. The predicted octanol–water partition coefficient (Wildman–Crippen LogP) is 6.75. The molecule has 3 aromatic carbocycles. The Balaban J connectivity index is 1.61. The molecule has 1 saturated heterocycles. The maximum atomic E-state index is 13.8. The van der Waals surface area contributed by atoms with E-state index >= 15 is 0 Å². The van der Waals surface area contributed by atoms with E-state index in [1.165, 1.54) is 12.1 Å². The molecule has 4 nitrogen and oxygen atoms in total. The smallest absolute Gasteiger partial charge is 0.415 e. The monoisotopic (exact) mass is 411 g/mol. The number of nitrogens with zero attached hydrogens (tertiary/aromatic N) is 1. The molecule has 0 aliphatic carbocycles. The van der Waals surface area contributed by atoms with Crippen molar-refractivity contribution in [1.82, 2.24) is 0 Å². The zero-order chi connectivity index (χ0) is 20.4. The number of halogens is 2. The largest absolute Gasteiger partial charge is 0.457 e. The maximum Gasteiger partial charge on any atom is 0.415 e. The van der Waals surface area contributed by atoms with E-state index in [0.717, 1.165) is 0 Å². The van der Waals surface area contributed by atoms with Crippen molar-refractivity contribution in [2.24, 2.45) is 0 Å². The van der Waals surface area contributed by atoms with E-state index in [1.807, 2.05) is 13.0 Å². The molecule has 0 radical (unpaired) electrons. The van der Waals surface area contributed by atoms with Gasteiger partial charge in [-0.3, -0.25) is 4.90 Å². The van der Waals surface area contributed by atoms with Crippen LogP contribution >= 0.6 is 11.6 Å². The number of carbonyl (C=O) groups excluding carboxylic acids is 1. The lowest BCUT2D eigenvalue weighted by Gasteiger charge is -2.25. The molecule has 0 unspecified atom stereocenters. The Morgan fingerprint density at radius 1 is 1.03 bits per heavy atom. The van der Waals surface area contributed by atoms with Crippen LogP contribution in [0.5, 0.6) is 11.5 Å². The molecule has 0 N–H and O–H groups in total. The average molecular weight is 412 g/mol. The number of anilines is 1. The minimum absolute atomic E-state index is 0.344. The number of hydrogen-bond donors (Lipinski definition) is 0. The van der Waals surface area contributed by atoms with Gasteiger partial charge in [0.15, 0.2) is 0 Å². The van der Waals surface area contributed by atoms with Gasteiger partial charge in [-0.05, 0) is 72.6 Å². The summed E-state index contributed by atoms with van der Waals surface area (Å²) in [5, 5.41) is 0.633. The highest BCUT2D eigenvalue weighted by Gasteiger charge is 2.42. The zero-order valence-corrected chi connectivity index (χ0v) is 16.5. The number of ether oxygens (including phenoxy) is 2. The van der Waals surface area contributed by atoms with Crippen molar-refractivity contribution in [2.45, 2.75) is 25.5 Å². The van der Waals surface area contributed by atoms with Crippen LogP contribution in [0, 0.1) is 5.82 Å². The second-order valence-corrected chi connectivity index (χ2v) is 7.19. The number of benzene rings is 3. The van der Waals surface area contributed by atoms with Crippen molar-refractivity contribution >= 4 is 23.4 Å². The van der Waals surface area contributed by atoms with Crippen LogP contribution in [0.15, 0.2) is 72.8 Å². The fourth-order valence-electron chi connectivity index (χ4n) is 3.47. The molecule has 1 fully saturated rings. The summed E-state index contributed by atoms with van der Waals surface area (Å²) in [5.74, 6) is 0.938. The highest BCUT2D eigenvalue weighted by atomic mass is 35.5. The SMILES string of the molecule is CC[C@@H]1OC(=O)N(c2ccc(Oc3ccc(Cl)cc3)cc2)[C@H]1c1cccc(F)c1. The van der Waals surface area contributed by atoms with Crippen LogP contribution in [0.3, 0.4) is 0 Å². The van der Waals surface area contributed by atoms with Crippen LogP contribution in [0.1, 0.15) is 24.9 Å². The Morgan fingerprint density at radius 3 is 2.31 bits per heavy atom. The Hall–Kier alpha value is -3.05. The van der Waals surface area contributed by atoms with Crippen molar-refractivity contribution in [3.8, 4) is 11.5 Å². The third-order valence-corrected chi connectivity index (χ3v) is 5.09. The lowest BCUT2D eigenvalue weighted by molar-refractivity contribution is 0.129. The van der Waals surface area contributed by atoms with Gasteiger partial charge < -0.3 is 9.47 Å². The molecular formula is C23H19ClFNO3. The average Bonchev–Trinajstić information content (AvgIpc) is 3.07. The first-order chi connectivity index (χ1) is 14.0.